The predicted molar refractivity (Wildman–Crippen MR) is 77.4 cm³/mol. The number of nitrogens with zero attached hydrogens (tertiary/aromatic N) is 2. The van der Waals surface area contributed by atoms with Crippen LogP contribution in [0, 0.1) is 16.0 Å². The van der Waals surface area contributed by atoms with Crippen molar-refractivity contribution >= 4 is 34.8 Å². The molecule has 1 aromatic carbocycles. The van der Waals surface area contributed by atoms with E-state index in [0.29, 0.717) is 19.0 Å². The molecule has 7 heteroatoms. The van der Waals surface area contributed by atoms with Crippen LogP contribution in [0.15, 0.2) is 12.1 Å². The van der Waals surface area contributed by atoms with Crippen LogP contribution in [-0.4, -0.2) is 28.8 Å². The third-order valence-corrected chi connectivity index (χ3v) is 4.09. The van der Waals surface area contributed by atoms with Gasteiger partial charge in [-0.3, -0.25) is 14.9 Å². The van der Waals surface area contributed by atoms with E-state index in [1.807, 2.05) is 6.92 Å². The monoisotopic (exact) mass is 316 g/mol. The maximum Gasteiger partial charge on any atom is 0.290 e. The van der Waals surface area contributed by atoms with Crippen molar-refractivity contribution in [2.75, 3.05) is 13.1 Å². The van der Waals surface area contributed by atoms with E-state index in [2.05, 4.69) is 0 Å². The first kappa shape index (κ1) is 15.1. The summed E-state index contributed by atoms with van der Waals surface area (Å²) in [7, 11) is 0. The molecule has 5 nitrogen and oxygen atoms in total. The van der Waals surface area contributed by atoms with E-state index >= 15 is 0 Å². The number of carbonyl (C=O) groups excluding carboxylic acids is 1. The van der Waals surface area contributed by atoms with Crippen LogP contribution in [0.5, 0.6) is 0 Å². The summed E-state index contributed by atoms with van der Waals surface area (Å²) in [5.41, 5.74) is -0.140. The first-order valence-corrected chi connectivity index (χ1v) is 7.12. The first-order chi connectivity index (χ1) is 9.43. The van der Waals surface area contributed by atoms with Crippen molar-refractivity contribution in [1.29, 1.82) is 0 Å². The van der Waals surface area contributed by atoms with Crippen LogP contribution in [0.2, 0.25) is 10.0 Å². The zero-order valence-electron chi connectivity index (χ0n) is 10.9. The molecule has 1 aliphatic carbocycles. The fourth-order valence-corrected chi connectivity index (χ4v) is 2.37. The largest absolute Gasteiger partial charge is 0.339 e. The highest BCUT2D eigenvalue weighted by Gasteiger charge is 2.28. The van der Waals surface area contributed by atoms with E-state index < -0.39 is 4.92 Å². The fraction of sp³-hybridized carbons (Fsp3) is 0.462. The van der Waals surface area contributed by atoms with Crippen LogP contribution in [0.25, 0.3) is 0 Å². The van der Waals surface area contributed by atoms with E-state index in [4.69, 9.17) is 23.2 Å². The molecule has 1 aliphatic rings. The molecule has 1 fully saturated rings. The number of amides is 1. The highest BCUT2D eigenvalue weighted by atomic mass is 35.5. The molecular weight excluding hydrogens is 303 g/mol. The first-order valence-electron chi connectivity index (χ1n) is 6.36. The number of hydrogen-bond acceptors (Lipinski definition) is 3. The van der Waals surface area contributed by atoms with Crippen LogP contribution in [-0.2, 0) is 0 Å². The molecule has 0 aromatic heterocycles. The Kier molecular flexibility index (Phi) is 4.50. The molecule has 1 saturated carbocycles. The molecule has 0 spiro atoms. The van der Waals surface area contributed by atoms with Gasteiger partial charge in [0, 0.05) is 24.7 Å². The van der Waals surface area contributed by atoms with Gasteiger partial charge in [-0.25, -0.2) is 0 Å². The van der Waals surface area contributed by atoms with E-state index in [0.717, 1.165) is 12.8 Å². The van der Waals surface area contributed by atoms with Gasteiger partial charge in [0.2, 0.25) is 0 Å². The number of nitro groups is 1. The maximum atomic E-state index is 12.4. The van der Waals surface area contributed by atoms with E-state index in [1.165, 1.54) is 12.1 Å². The molecule has 0 unspecified atom stereocenters. The van der Waals surface area contributed by atoms with Crippen molar-refractivity contribution in [1.82, 2.24) is 4.90 Å². The second kappa shape index (κ2) is 5.97. The smallest absolute Gasteiger partial charge is 0.290 e. The number of nitro benzene ring substituents is 1. The Labute approximate surface area is 126 Å². The van der Waals surface area contributed by atoms with Gasteiger partial charge in [0.05, 0.1) is 9.95 Å². The lowest BCUT2D eigenvalue weighted by Gasteiger charge is -2.20. The highest BCUT2D eigenvalue weighted by molar-refractivity contribution is 6.43. The lowest BCUT2D eigenvalue weighted by atomic mass is 10.1. The van der Waals surface area contributed by atoms with Gasteiger partial charge in [-0.15, -0.1) is 0 Å². The van der Waals surface area contributed by atoms with Gasteiger partial charge in [-0.1, -0.05) is 23.2 Å². The Morgan fingerprint density at radius 1 is 1.45 bits per heavy atom. The van der Waals surface area contributed by atoms with Crippen molar-refractivity contribution in [2.45, 2.75) is 19.8 Å². The molecule has 0 bridgehead atoms. The average Bonchev–Trinajstić information content (AvgIpc) is 3.21. The molecule has 0 saturated heterocycles. The van der Waals surface area contributed by atoms with Crippen molar-refractivity contribution in [2.24, 2.45) is 5.92 Å². The van der Waals surface area contributed by atoms with Gasteiger partial charge in [0.25, 0.3) is 11.6 Å². The average molecular weight is 317 g/mol. The van der Waals surface area contributed by atoms with Gasteiger partial charge in [0.15, 0.2) is 0 Å². The Balaban J connectivity index is 2.30. The number of benzene rings is 1. The summed E-state index contributed by atoms with van der Waals surface area (Å²) in [5.74, 6) is 0.303. The zero-order chi connectivity index (χ0) is 14.9. The van der Waals surface area contributed by atoms with Gasteiger partial charge >= 0.3 is 0 Å². The van der Waals surface area contributed by atoms with Crippen LogP contribution in [0.4, 0.5) is 5.69 Å². The fourth-order valence-electron chi connectivity index (χ4n) is 1.98. The molecule has 0 N–H and O–H groups in total. The predicted octanol–water partition coefficient (Wildman–Crippen LogP) is 3.77. The second-order valence-electron chi connectivity index (χ2n) is 4.84. The van der Waals surface area contributed by atoms with Crippen molar-refractivity contribution in [3.63, 3.8) is 0 Å². The highest BCUT2D eigenvalue weighted by Crippen LogP contribution is 2.34. The molecule has 0 heterocycles. The summed E-state index contributed by atoms with van der Waals surface area (Å²) < 4.78 is 0. The van der Waals surface area contributed by atoms with Gasteiger partial charge in [0.1, 0.15) is 5.02 Å². The Hall–Kier alpha value is -1.33. The molecule has 20 heavy (non-hydrogen) atoms. The number of hydrogen-bond donors (Lipinski definition) is 0. The summed E-state index contributed by atoms with van der Waals surface area (Å²) in [6.45, 7) is 3.12. The van der Waals surface area contributed by atoms with Gasteiger partial charge in [-0.05, 0) is 31.7 Å². The minimum atomic E-state index is -0.637. The third-order valence-electron chi connectivity index (χ3n) is 3.30. The van der Waals surface area contributed by atoms with Gasteiger partial charge in [-0.2, -0.15) is 0 Å². The Bertz CT molecular complexity index is 559. The minimum Gasteiger partial charge on any atom is -0.339 e. The van der Waals surface area contributed by atoms with E-state index in [1.54, 1.807) is 4.90 Å². The van der Waals surface area contributed by atoms with Crippen molar-refractivity contribution in [3.05, 3.63) is 37.9 Å². The Morgan fingerprint density at radius 2 is 2.10 bits per heavy atom. The molecular formula is C13H14Cl2N2O3. The molecule has 108 valence electrons. The van der Waals surface area contributed by atoms with Crippen molar-refractivity contribution < 1.29 is 9.72 Å². The van der Waals surface area contributed by atoms with E-state index in [-0.39, 0.29) is 27.2 Å². The standard InChI is InChI=1S/C13H14Cl2N2O3/c1-2-16(7-8-3-4-8)13(18)9-5-10(14)12(15)11(6-9)17(19)20/h5-6,8H,2-4,7H2,1H3. The summed E-state index contributed by atoms with van der Waals surface area (Å²) in [6.07, 6.45) is 2.26. The lowest BCUT2D eigenvalue weighted by Crippen LogP contribution is -2.32. The SMILES string of the molecule is CCN(CC1CC1)C(=O)c1cc(Cl)c(Cl)c([N+](=O)[O-])c1. The van der Waals surface area contributed by atoms with Crippen LogP contribution in [0.1, 0.15) is 30.1 Å². The quantitative estimate of drug-likeness (QED) is 0.613. The third kappa shape index (κ3) is 3.22. The summed E-state index contributed by atoms with van der Waals surface area (Å²) in [5, 5.41) is 10.8. The van der Waals surface area contributed by atoms with Crippen LogP contribution in [0.3, 0.4) is 0 Å². The number of carbonyl (C=O) groups is 1. The summed E-state index contributed by atoms with van der Waals surface area (Å²) in [6, 6.07) is 2.57. The number of rotatable bonds is 5. The molecule has 1 amide bonds. The summed E-state index contributed by atoms with van der Waals surface area (Å²) in [4.78, 5) is 24.3. The molecule has 0 atom stereocenters. The molecule has 0 radical (unpaired) electrons. The van der Waals surface area contributed by atoms with E-state index in [9.17, 15) is 14.9 Å². The second-order valence-corrected chi connectivity index (χ2v) is 5.62. The molecule has 0 aliphatic heterocycles. The zero-order valence-corrected chi connectivity index (χ0v) is 12.4. The van der Waals surface area contributed by atoms with Crippen LogP contribution < -0.4 is 0 Å². The maximum absolute atomic E-state index is 12.4. The normalized spacial score (nSPS) is 14.2. The van der Waals surface area contributed by atoms with Gasteiger partial charge < -0.3 is 4.90 Å². The Morgan fingerprint density at radius 3 is 2.60 bits per heavy atom. The number of halogens is 2. The molecule has 1 aromatic rings. The topological polar surface area (TPSA) is 63.5 Å². The minimum absolute atomic E-state index is 0.0201. The molecule has 2 rings (SSSR count). The van der Waals surface area contributed by atoms with Crippen LogP contribution >= 0.6 is 23.2 Å². The summed E-state index contributed by atoms with van der Waals surface area (Å²) >= 11 is 11.6. The lowest BCUT2D eigenvalue weighted by molar-refractivity contribution is -0.384. The van der Waals surface area contributed by atoms with Crippen molar-refractivity contribution in [3.8, 4) is 0 Å².